The minimum absolute atomic E-state index is 0.0301. The monoisotopic (exact) mass is 261 g/mol. The minimum Gasteiger partial charge on any atom is -0.466 e. The Balaban J connectivity index is 2.83. The maximum Gasteiger partial charge on any atom is 0.137 e. The predicted molar refractivity (Wildman–Crippen MR) is 59.0 cm³/mol. The van der Waals surface area contributed by atoms with Gasteiger partial charge < -0.3 is 14.9 Å². The van der Waals surface area contributed by atoms with Gasteiger partial charge in [0.2, 0.25) is 0 Å². The van der Waals surface area contributed by atoms with Crippen molar-refractivity contribution in [2.45, 2.75) is 26.0 Å². The van der Waals surface area contributed by atoms with Crippen molar-refractivity contribution in [1.29, 1.82) is 0 Å². The molecule has 1 rings (SSSR count). The van der Waals surface area contributed by atoms with Crippen LogP contribution in [-0.2, 0) is 4.74 Å². The molecule has 0 amide bonds. The lowest BCUT2D eigenvalue weighted by atomic mass is 9.98. The third-order valence-corrected chi connectivity index (χ3v) is 2.89. The van der Waals surface area contributed by atoms with Gasteiger partial charge in [-0.05, 0) is 27.9 Å². The van der Waals surface area contributed by atoms with Crippen LogP contribution in [0.3, 0.4) is 0 Å². The molecule has 2 N–H and O–H groups in total. The van der Waals surface area contributed by atoms with E-state index in [2.05, 4.69) is 29.8 Å². The van der Waals surface area contributed by atoms with Gasteiger partial charge in [0.05, 0.1) is 22.9 Å². The summed E-state index contributed by atoms with van der Waals surface area (Å²) in [6.07, 6.45) is 1.59. The molecule has 0 spiro atoms. The Hall–Kier alpha value is -0.320. The summed E-state index contributed by atoms with van der Waals surface area (Å²) >= 11 is 3.38. The molecule has 80 valence electrons. The smallest absolute Gasteiger partial charge is 0.137 e. The zero-order valence-electron chi connectivity index (χ0n) is 8.66. The normalized spacial score (nSPS) is 15.9. The third kappa shape index (κ3) is 2.38. The molecule has 0 aliphatic heterocycles. The average molecular weight is 262 g/mol. The summed E-state index contributed by atoms with van der Waals surface area (Å²) in [6.45, 7) is 4.15. The maximum atomic E-state index is 6.05. The van der Waals surface area contributed by atoms with Gasteiger partial charge in [0.25, 0.3) is 0 Å². The third-order valence-electron chi connectivity index (χ3n) is 2.23. The molecule has 2 atom stereocenters. The van der Waals surface area contributed by atoms with E-state index in [1.807, 2.05) is 6.07 Å². The van der Waals surface area contributed by atoms with E-state index in [9.17, 15) is 0 Å². The Morgan fingerprint density at radius 3 is 2.50 bits per heavy atom. The molecule has 1 aromatic heterocycles. The highest BCUT2D eigenvalue weighted by molar-refractivity contribution is 9.10. The Kier molecular flexibility index (Phi) is 4.16. The van der Waals surface area contributed by atoms with Gasteiger partial charge in [-0.2, -0.15) is 0 Å². The lowest BCUT2D eigenvalue weighted by molar-refractivity contribution is 0.0379. The van der Waals surface area contributed by atoms with E-state index in [-0.39, 0.29) is 12.1 Å². The molecular formula is C10H16BrNO2. The fourth-order valence-electron chi connectivity index (χ4n) is 1.53. The van der Waals surface area contributed by atoms with Crippen LogP contribution in [0, 0.1) is 5.92 Å². The van der Waals surface area contributed by atoms with Crippen molar-refractivity contribution in [3.63, 3.8) is 0 Å². The van der Waals surface area contributed by atoms with E-state index in [1.165, 1.54) is 0 Å². The summed E-state index contributed by atoms with van der Waals surface area (Å²) < 4.78 is 11.5. The van der Waals surface area contributed by atoms with Crippen molar-refractivity contribution in [1.82, 2.24) is 0 Å². The number of halogens is 1. The first kappa shape index (κ1) is 11.8. The van der Waals surface area contributed by atoms with Gasteiger partial charge in [-0.3, -0.25) is 0 Å². The molecule has 0 fully saturated rings. The Labute approximate surface area is 92.7 Å². The van der Waals surface area contributed by atoms with Gasteiger partial charge in [0, 0.05) is 7.11 Å². The number of methoxy groups -OCH3 is 1. The highest BCUT2D eigenvalue weighted by atomic mass is 79.9. The molecule has 4 heteroatoms. The standard InChI is InChI=1S/C10H16BrNO2/c1-6(2)9(13-3)8(12)10-7(11)4-5-14-10/h4-6,8-9H,12H2,1-3H3. The second-order valence-corrected chi connectivity index (χ2v) is 4.46. The summed E-state index contributed by atoms with van der Waals surface area (Å²) in [7, 11) is 1.67. The molecule has 0 radical (unpaired) electrons. The Morgan fingerprint density at radius 1 is 1.50 bits per heavy atom. The summed E-state index contributed by atoms with van der Waals surface area (Å²) in [6, 6.07) is 1.60. The SMILES string of the molecule is COC(C(C)C)C(N)c1occc1Br. The first-order valence-corrected chi connectivity index (χ1v) is 5.38. The molecule has 0 aromatic carbocycles. The molecule has 2 unspecified atom stereocenters. The Morgan fingerprint density at radius 2 is 2.14 bits per heavy atom. The van der Waals surface area contributed by atoms with Gasteiger partial charge in [0.15, 0.2) is 0 Å². The average Bonchev–Trinajstić information content (AvgIpc) is 2.51. The van der Waals surface area contributed by atoms with Crippen LogP contribution in [0.15, 0.2) is 21.2 Å². The van der Waals surface area contributed by atoms with E-state index in [0.717, 1.165) is 10.2 Å². The highest BCUT2D eigenvalue weighted by Gasteiger charge is 2.26. The number of ether oxygens (including phenoxy) is 1. The topological polar surface area (TPSA) is 48.4 Å². The largest absolute Gasteiger partial charge is 0.466 e. The second kappa shape index (κ2) is 4.96. The van der Waals surface area contributed by atoms with E-state index < -0.39 is 0 Å². The van der Waals surface area contributed by atoms with Gasteiger partial charge in [0.1, 0.15) is 5.76 Å². The fourth-order valence-corrected chi connectivity index (χ4v) is 1.99. The number of hydrogen-bond donors (Lipinski definition) is 1. The molecule has 0 saturated carbocycles. The van der Waals surface area contributed by atoms with Crippen molar-refractivity contribution in [3.8, 4) is 0 Å². The summed E-state index contributed by atoms with van der Waals surface area (Å²) in [4.78, 5) is 0. The van der Waals surface area contributed by atoms with Crippen molar-refractivity contribution < 1.29 is 9.15 Å². The van der Waals surface area contributed by atoms with Crippen LogP contribution in [0.1, 0.15) is 25.6 Å². The quantitative estimate of drug-likeness (QED) is 0.907. The Bertz CT molecular complexity index is 285. The van der Waals surface area contributed by atoms with Gasteiger partial charge in [-0.15, -0.1) is 0 Å². The molecule has 0 bridgehead atoms. The van der Waals surface area contributed by atoms with Gasteiger partial charge in [-0.25, -0.2) is 0 Å². The van der Waals surface area contributed by atoms with E-state index in [1.54, 1.807) is 13.4 Å². The van der Waals surface area contributed by atoms with Crippen molar-refractivity contribution in [2.24, 2.45) is 11.7 Å². The van der Waals surface area contributed by atoms with Crippen LogP contribution in [-0.4, -0.2) is 13.2 Å². The molecule has 3 nitrogen and oxygen atoms in total. The van der Waals surface area contributed by atoms with Crippen LogP contribution in [0.2, 0.25) is 0 Å². The molecule has 14 heavy (non-hydrogen) atoms. The van der Waals surface area contributed by atoms with E-state index in [4.69, 9.17) is 14.9 Å². The lowest BCUT2D eigenvalue weighted by Crippen LogP contribution is -2.32. The van der Waals surface area contributed by atoms with Crippen LogP contribution >= 0.6 is 15.9 Å². The molecule has 0 aliphatic rings. The molecule has 1 heterocycles. The number of hydrogen-bond acceptors (Lipinski definition) is 3. The molecule has 1 aromatic rings. The van der Waals surface area contributed by atoms with Crippen molar-refractivity contribution in [3.05, 3.63) is 22.6 Å². The summed E-state index contributed by atoms with van der Waals surface area (Å²) in [5, 5.41) is 0. The van der Waals surface area contributed by atoms with Crippen LogP contribution in [0.4, 0.5) is 0 Å². The van der Waals surface area contributed by atoms with Crippen LogP contribution in [0.25, 0.3) is 0 Å². The predicted octanol–water partition coefficient (Wildman–Crippen LogP) is 2.71. The number of rotatable bonds is 4. The first-order chi connectivity index (χ1) is 6.57. The van der Waals surface area contributed by atoms with E-state index >= 15 is 0 Å². The molecular weight excluding hydrogens is 246 g/mol. The minimum atomic E-state index is -0.232. The fraction of sp³-hybridized carbons (Fsp3) is 0.600. The molecule has 0 aliphatic carbocycles. The summed E-state index contributed by atoms with van der Waals surface area (Å²) in [5.74, 6) is 1.09. The summed E-state index contributed by atoms with van der Waals surface area (Å²) in [5.41, 5.74) is 6.05. The highest BCUT2D eigenvalue weighted by Crippen LogP contribution is 2.28. The zero-order valence-corrected chi connectivity index (χ0v) is 10.2. The van der Waals surface area contributed by atoms with Gasteiger partial charge in [-0.1, -0.05) is 13.8 Å². The first-order valence-electron chi connectivity index (χ1n) is 4.59. The lowest BCUT2D eigenvalue weighted by Gasteiger charge is -2.24. The van der Waals surface area contributed by atoms with E-state index in [0.29, 0.717) is 5.92 Å². The van der Waals surface area contributed by atoms with Crippen LogP contribution < -0.4 is 5.73 Å². The second-order valence-electron chi connectivity index (χ2n) is 3.60. The van der Waals surface area contributed by atoms with Crippen molar-refractivity contribution in [2.75, 3.05) is 7.11 Å². The van der Waals surface area contributed by atoms with Crippen molar-refractivity contribution >= 4 is 15.9 Å². The zero-order chi connectivity index (χ0) is 10.7. The number of furan rings is 1. The maximum absolute atomic E-state index is 6.05. The number of nitrogens with two attached hydrogens (primary N) is 1. The van der Waals surface area contributed by atoms with Crippen LogP contribution in [0.5, 0.6) is 0 Å². The molecule has 0 saturated heterocycles. The van der Waals surface area contributed by atoms with Gasteiger partial charge >= 0.3 is 0 Å².